The Labute approximate surface area is 131 Å². The smallest absolute Gasteiger partial charge is 0.0471 e. The summed E-state index contributed by atoms with van der Waals surface area (Å²) in [6.45, 7) is 10.1. The number of nitrogens with one attached hydrogen (secondary N) is 1. The molecule has 0 bridgehead atoms. The molecular weight excluding hydrogens is 282 g/mol. The maximum atomic E-state index is 12.3. The molecule has 0 saturated carbocycles. The van der Waals surface area contributed by atoms with Crippen molar-refractivity contribution >= 4 is 10.8 Å². The normalized spacial score (nSPS) is 14.1. The molecule has 3 nitrogen and oxygen atoms in total. The fourth-order valence-corrected chi connectivity index (χ4v) is 4.13. The lowest BCUT2D eigenvalue weighted by molar-refractivity contribution is 0.200. The fourth-order valence-electron chi connectivity index (χ4n) is 2.87. The third-order valence-electron chi connectivity index (χ3n) is 3.61. The first-order valence-electron chi connectivity index (χ1n) is 7.64. The van der Waals surface area contributed by atoms with E-state index in [4.69, 9.17) is 4.74 Å². The van der Waals surface area contributed by atoms with Gasteiger partial charge in [-0.05, 0) is 50.4 Å². The van der Waals surface area contributed by atoms with Gasteiger partial charge in [-0.1, -0.05) is 24.6 Å². The third-order valence-corrected chi connectivity index (χ3v) is 5.06. The lowest BCUT2D eigenvalue weighted by atomic mass is 9.95. The summed E-state index contributed by atoms with van der Waals surface area (Å²) in [5.41, 5.74) is 5.16. The number of hydrogen-bond donors (Lipinski definition) is 1. The van der Waals surface area contributed by atoms with Crippen molar-refractivity contribution in [2.75, 3.05) is 31.8 Å². The highest BCUT2D eigenvalue weighted by molar-refractivity contribution is 7.85. The molecule has 2 atom stereocenters. The molecule has 0 heterocycles. The molecule has 1 rings (SSSR count). The lowest BCUT2D eigenvalue weighted by Crippen LogP contribution is -2.28. The second-order valence-electron chi connectivity index (χ2n) is 5.58. The molecule has 0 saturated heterocycles. The van der Waals surface area contributed by atoms with Gasteiger partial charge in [-0.25, -0.2) is 0 Å². The highest BCUT2D eigenvalue weighted by Gasteiger charge is 2.18. The van der Waals surface area contributed by atoms with Gasteiger partial charge in [-0.15, -0.1) is 0 Å². The average Bonchev–Trinajstić information content (AvgIpc) is 2.38. The quantitative estimate of drug-likeness (QED) is 0.712. The van der Waals surface area contributed by atoms with E-state index in [-0.39, 0.29) is 6.04 Å². The van der Waals surface area contributed by atoms with Crippen LogP contribution in [0.4, 0.5) is 0 Å². The Morgan fingerprint density at radius 3 is 2.38 bits per heavy atom. The monoisotopic (exact) mass is 311 g/mol. The van der Waals surface area contributed by atoms with Crippen LogP contribution in [0.5, 0.6) is 0 Å². The first kappa shape index (κ1) is 18.3. The number of hydrogen-bond acceptors (Lipinski definition) is 3. The molecule has 0 aliphatic carbocycles. The van der Waals surface area contributed by atoms with Gasteiger partial charge in [0, 0.05) is 42.1 Å². The van der Waals surface area contributed by atoms with Crippen molar-refractivity contribution in [3.8, 4) is 0 Å². The standard InChI is InChI=1S/C17H29NO2S/c1-6-18-16(12-21(19)9-7-8-20-5)17-14(3)10-13(2)11-15(17)4/h10-11,16,18H,6-9,12H2,1-5H3. The predicted molar refractivity (Wildman–Crippen MR) is 91.4 cm³/mol. The Kier molecular flexibility index (Phi) is 8.15. The van der Waals surface area contributed by atoms with Gasteiger partial charge in [0.1, 0.15) is 0 Å². The molecule has 0 aliphatic rings. The van der Waals surface area contributed by atoms with Crippen LogP contribution in [0.2, 0.25) is 0 Å². The van der Waals surface area contributed by atoms with Gasteiger partial charge in [0.25, 0.3) is 0 Å². The van der Waals surface area contributed by atoms with E-state index in [0.29, 0.717) is 18.1 Å². The topological polar surface area (TPSA) is 38.3 Å². The predicted octanol–water partition coefficient (Wildman–Crippen LogP) is 3.05. The second kappa shape index (κ2) is 9.34. The molecule has 0 aliphatic heterocycles. The molecule has 120 valence electrons. The Bertz CT molecular complexity index is 451. The van der Waals surface area contributed by atoms with E-state index >= 15 is 0 Å². The molecule has 4 heteroatoms. The van der Waals surface area contributed by atoms with E-state index in [2.05, 4.69) is 45.1 Å². The van der Waals surface area contributed by atoms with Crippen molar-refractivity contribution in [3.05, 3.63) is 34.4 Å². The number of ether oxygens (including phenoxy) is 1. The summed E-state index contributed by atoms with van der Waals surface area (Å²) < 4.78 is 17.3. The minimum absolute atomic E-state index is 0.166. The van der Waals surface area contributed by atoms with Crippen LogP contribution in [0, 0.1) is 20.8 Å². The zero-order valence-electron chi connectivity index (χ0n) is 14.0. The van der Waals surface area contributed by atoms with Crippen LogP contribution in [0.25, 0.3) is 0 Å². The van der Waals surface area contributed by atoms with E-state index in [1.165, 1.54) is 22.3 Å². The molecule has 0 spiro atoms. The maximum absolute atomic E-state index is 12.3. The number of aryl methyl sites for hydroxylation is 3. The molecule has 21 heavy (non-hydrogen) atoms. The summed E-state index contributed by atoms with van der Waals surface area (Å²) in [4.78, 5) is 0. The summed E-state index contributed by atoms with van der Waals surface area (Å²) in [7, 11) is 0.866. The average molecular weight is 311 g/mol. The van der Waals surface area contributed by atoms with Crippen molar-refractivity contribution in [2.45, 2.75) is 40.2 Å². The fraction of sp³-hybridized carbons (Fsp3) is 0.647. The highest BCUT2D eigenvalue weighted by atomic mass is 32.2. The molecule has 1 aromatic carbocycles. The summed E-state index contributed by atoms with van der Waals surface area (Å²) in [6, 6.07) is 4.58. The molecule has 0 aromatic heterocycles. The largest absolute Gasteiger partial charge is 0.385 e. The minimum atomic E-state index is -0.818. The molecule has 1 N–H and O–H groups in total. The Morgan fingerprint density at radius 2 is 1.86 bits per heavy atom. The molecule has 0 fully saturated rings. The summed E-state index contributed by atoms with van der Waals surface area (Å²) in [5, 5.41) is 3.50. The van der Waals surface area contributed by atoms with Crippen molar-refractivity contribution in [1.29, 1.82) is 0 Å². The number of methoxy groups -OCH3 is 1. The van der Waals surface area contributed by atoms with Gasteiger partial charge >= 0.3 is 0 Å². The van der Waals surface area contributed by atoms with Crippen LogP contribution < -0.4 is 5.32 Å². The van der Waals surface area contributed by atoms with Gasteiger partial charge in [0.05, 0.1) is 0 Å². The van der Waals surface area contributed by atoms with Crippen molar-refractivity contribution in [1.82, 2.24) is 5.32 Å². The second-order valence-corrected chi connectivity index (χ2v) is 7.20. The van der Waals surface area contributed by atoms with E-state index in [0.717, 1.165) is 13.0 Å². The van der Waals surface area contributed by atoms with Crippen molar-refractivity contribution in [3.63, 3.8) is 0 Å². The molecule has 2 unspecified atom stereocenters. The van der Waals surface area contributed by atoms with Crippen molar-refractivity contribution in [2.24, 2.45) is 0 Å². The van der Waals surface area contributed by atoms with Gasteiger partial charge in [0.2, 0.25) is 0 Å². The van der Waals surface area contributed by atoms with E-state index in [1.54, 1.807) is 7.11 Å². The zero-order valence-corrected chi connectivity index (χ0v) is 14.8. The van der Waals surface area contributed by atoms with Crippen LogP contribution in [0.15, 0.2) is 12.1 Å². The van der Waals surface area contributed by atoms with E-state index in [9.17, 15) is 4.21 Å². The molecule has 0 radical (unpaired) electrons. The third kappa shape index (κ3) is 5.89. The zero-order chi connectivity index (χ0) is 15.8. The van der Waals surface area contributed by atoms with Crippen molar-refractivity contribution < 1.29 is 8.95 Å². The van der Waals surface area contributed by atoms with Crippen LogP contribution in [-0.4, -0.2) is 36.0 Å². The molecule has 0 amide bonds. The summed E-state index contributed by atoms with van der Waals surface area (Å²) in [6.07, 6.45) is 0.855. The van der Waals surface area contributed by atoms with E-state index in [1.807, 2.05) is 0 Å². The Morgan fingerprint density at radius 1 is 1.24 bits per heavy atom. The van der Waals surface area contributed by atoms with Crippen LogP contribution in [0.1, 0.15) is 41.6 Å². The lowest BCUT2D eigenvalue weighted by Gasteiger charge is -2.23. The SMILES string of the molecule is CCNC(CS(=O)CCCOC)c1c(C)cc(C)cc1C. The van der Waals surface area contributed by atoms with Crippen LogP contribution in [-0.2, 0) is 15.5 Å². The first-order chi connectivity index (χ1) is 9.99. The Balaban J connectivity index is 2.84. The Hall–Kier alpha value is -0.710. The van der Waals surface area contributed by atoms with Crippen LogP contribution in [0.3, 0.4) is 0 Å². The van der Waals surface area contributed by atoms with Gasteiger partial charge in [-0.3, -0.25) is 4.21 Å². The first-order valence-corrected chi connectivity index (χ1v) is 9.13. The van der Waals surface area contributed by atoms with Gasteiger partial charge in [-0.2, -0.15) is 0 Å². The summed E-state index contributed by atoms with van der Waals surface area (Å²) in [5.74, 6) is 1.38. The van der Waals surface area contributed by atoms with Gasteiger partial charge in [0.15, 0.2) is 0 Å². The van der Waals surface area contributed by atoms with Gasteiger partial charge < -0.3 is 10.1 Å². The maximum Gasteiger partial charge on any atom is 0.0471 e. The molecule has 1 aromatic rings. The molecular formula is C17H29NO2S. The summed E-state index contributed by atoms with van der Waals surface area (Å²) >= 11 is 0. The van der Waals surface area contributed by atoms with Crippen LogP contribution >= 0.6 is 0 Å². The van der Waals surface area contributed by atoms with E-state index < -0.39 is 10.8 Å². The highest BCUT2D eigenvalue weighted by Crippen LogP contribution is 2.24. The number of benzene rings is 1. The minimum Gasteiger partial charge on any atom is -0.385 e. The number of rotatable bonds is 9.